The van der Waals surface area contributed by atoms with Gasteiger partial charge in [0, 0.05) is 17.7 Å². The second-order valence-corrected chi connectivity index (χ2v) is 8.59. The van der Waals surface area contributed by atoms with E-state index in [0.29, 0.717) is 28.7 Å². The summed E-state index contributed by atoms with van der Waals surface area (Å²) in [6, 6.07) is 15.5. The standard InChI is InChI=1S/C25H26N6O2/c1-15-6-2-5-9-19(15)24(32)27-14-16-10-12-17(13-11-16)21-20-22(25(33)29-28-23(20)26)31(30-21)18-7-3-4-8-18/h2,5-6,9-13,18H,3-4,7-8,14H2,1H3,(H2,26,28)(H,27,32)(H,29,33). The predicted octanol–water partition coefficient (Wildman–Crippen LogP) is 3.72. The molecule has 0 bridgehead atoms. The zero-order chi connectivity index (χ0) is 22.9. The van der Waals surface area contributed by atoms with E-state index in [4.69, 9.17) is 10.8 Å². The van der Waals surface area contributed by atoms with Crippen LogP contribution in [0, 0.1) is 6.92 Å². The molecule has 33 heavy (non-hydrogen) atoms. The number of nitrogens with zero attached hydrogens (tertiary/aromatic N) is 3. The van der Waals surface area contributed by atoms with Crippen molar-refractivity contribution in [3.8, 4) is 11.3 Å². The molecule has 0 unspecified atom stereocenters. The van der Waals surface area contributed by atoms with Gasteiger partial charge in [-0.15, -0.1) is 0 Å². The van der Waals surface area contributed by atoms with Crippen LogP contribution in [-0.4, -0.2) is 25.9 Å². The van der Waals surface area contributed by atoms with Crippen molar-refractivity contribution < 1.29 is 4.79 Å². The summed E-state index contributed by atoms with van der Waals surface area (Å²) in [5.74, 6) is 0.162. The zero-order valence-corrected chi connectivity index (χ0v) is 18.5. The van der Waals surface area contributed by atoms with E-state index >= 15 is 0 Å². The van der Waals surface area contributed by atoms with E-state index in [1.54, 1.807) is 0 Å². The lowest BCUT2D eigenvalue weighted by Gasteiger charge is -2.10. The average molecular weight is 443 g/mol. The summed E-state index contributed by atoms with van der Waals surface area (Å²) in [4.78, 5) is 25.1. The number of hydrogen-bond donors (Lipinski definition) is 3. The van der Waals surface area contributed by atoms with Gasteiger partial charge >= 0.3 is 0 Å². The highest BCUT2D eigenvalue weighted by molar-refractivity contribution is 5.99. The quantitative estimate of drug-likeness (QED) is 0.435. The van der Waals surface area contributed by atoms with Crippen molar-refractivity contribution in [3.05, 3.63) is 75.6 Å². The molecule has 168 valence electrons. The van der Waals surface area contributed by atoms with Crippen LogP contribution in [0.1, 0.15) is 53.2 Å². The van der Waals surface area contributed by atoms with Gasteiger partial charge in [0.2, 0.25) is 0 Å². The van der Waals surface area contributed by atoms with Gasteiger partial charge in [0.05, 0.1) is 11.4 Å². The fourth-order valence-corrected chi connectivity index (χ4v) is 4.62. The van der Waals surface area contributed by atoms with Crippen molar-refractivity contribution in [1.82, 2.24) is 25.3 Å². The first-order valence-electron chi connectivity index (χ1n) is 11.2. The third-order valence-electron chi connectivity index (χ3n) is 6.40. The Hall–Kier alpha value is -3.94. The van der Waals surface area contributed by atoms with Crippen molar-refractivity contribution >= 4 is 22.6 Å². The van der Waals surface area contributed by atoms with Crippen molar-refractivity contribution in [3.63, 3.8) is 0 Å². The number of carbonyl (C=O) groups excluding carboxylic acids is 1. The predicted molar refractivity (Wildman–Crippen MR) is 128 cm³/mol. The topological polar surface area (TPSA) is 119 Å². The second-order valence-electron chi connectivity index (χ2n) is 8.59. The zero-order valence-electron chi connectivity index (χ0n) is 18.5. The first-order chi connectivity index (χ1) is 16.0. The Labute approximate surface area is 190 Å². The van der Waals surface area contributed by atoms with Crippen LogP contribution in [0.5, 0.6) is 0 Å². The number of nitrogens with two attached hydrogens (primary N) is 1. The van der Waals surface area contributed by atoms with Crippen molar-refractivity contribution in [2.24, 2.45) is 0 Å². The Morgan fingerprint density at radius 3 is 2.61 bits per heavy atom. The number of nitrogens with one attached hydrogen (secondary N) is 2. The number of fused-ring (bicyclic) bond motifs is 1. The van der Waals surface area contributed by atoms with Gasteiger partial charge in [-0.3, -0.25) is 14.3 Å². The summed E-state index contributed by atoms with van der Waals surface area (Å²) in [5, 5.41) is 14.8. The number of H-pyrrole nitrogens is 1. The summed E-state index contributed by atoms with van der Waals surface area (Å²) in [7, 11) is 0. The second kappa shape index (κ2) is 8.54. The maximum absolute atomic E-state index is 12.6. The van der Waals surface area contributed by atoms with Gasteiger partial charge in [-0.25, -0.2) is 5.10 Å². The highest BCUT2D eigenvalue weighted by atomic mass is 16.1. The summed E-state index contributed by atoms with van der Waals surface area (Å²) in [6.07, 6.45) is 4.25. The van der Waals surface area contributed by atoms with Crippen LogP contribution in [0.15, 0.2) is 53.3 Å². The molecule has 0 atom stereocenters. The Morgan fingerprint density at radius 2 is 1.88 bits per heavy atom. The number of anilines is 1. The summed E-state index contributed by atoms with van der Waals surface area (Å²) >= 11 is 0. The lowest BCUT2D eigenvalue weighted by molar-refractivity contribution is 0.0950. The molecule has 1 amide bonds. The van der Waals surface area contributed by atoms with E-state index in [9.17, 15) is 9.59 Å². The Kier molecular flexibility index (Phi) is 5.42. The van der Waals surface area contributed by atoms with Crippen LogP contribution >= 0.6 is 0 Å². The van der Waals surface area contributed by atoms with Crippen molar-refractivity contribution in [2.45, 2.75) is 45.2 Å². The number of nitrogen functional groups attached to an aromatic ring is 1. The molecule has 0 radical (unpaired) electrons. The molecule has 8 heteroatoms. The minimum Gasteiger partial charge on any atom is -0.382 e. The number of aryl methyl sites for hydroxylation is 1. The molecule has 1 saturated carbocycles. The molecule has 2 heterocycles. The number of carbonyl (C=O) groups is 1. The van der Waals surface area contributed by atoms with E-state index in [-0.39, 0.29) is 23.3 Å². The lowest BCUT2D eigenvalue weighted by Crippen LogP contribution is -2.23. The Bertz CT molecular complexity index is 1380. The fourth-order valence-electron chi connectivity index (χ4n) is 4.62. The number of benzene rings is 2. The molecule has 0 aliphatic heterocycles. The van der Waals surface area contributed by atoms with Gasteiger partial charge in [-0.2, -0.15) is 10.2 Å². The smallest absolute Gasteiger partial charge is 0.290 e. The highest BCUT2D eigenvalue weighted by Gasteiger charge is 2.25. The maximum Gasteiger partial charge on any atom is 0.290 e. The van der Waals surface area contributed by atoms with Gasteiger partial charge in [0.1, 0.15) is 11.2 Å². The van der Waals surface area contributed by atoms with Gasteiger partial charge in [-0.05, 0) is 37.0 Å². The molecule has 0 spiro atoms. The van der Waals surface area contributed by atoms with E-state index in [2.05, 4.69) is 15.5 Å². The van der Waals surface area contributed by atoms with Gasteiger partial charge in [-0.1, -0.05) is 55.3 Å². The molecule has 4 N–H and O–H groups in total. The molecule has 1 aliphatic carbocycles. The number of aromatic nitrogens is 4. The normalized spacial score (nSPS) is 14.1. The van der Waals surface area contributed by atoms with E-state index in [1.807, 2.05) is 60.1 Å². The Balaban J connectivity index is 1.43. The summed E-state index contributed by atoms with van der Waals surface area (Å²) < 4.78 is 1.84. The molecule has 4 aromatic rings. The summed E-state index contributed by atoms with van der Waals surface area (Å²) in [6.45, 7) is 2.33. The third-order valence-corrected chi connectivity index (χ3v) is 6.40. The molecule has 5 rings (SSSR count). The van der Waals surface area contributed by atoms with Crippen molar-refractivity contribution in [1.29, 1.82) is 0 Å². The number of aromatic amines is 1. The first kappa shape index (κ1) is 20.9. The van der Waals surface area contributed by atoms with Crippen LogP contribution in [0.4, 0.5) is 5.82 Å². The van der Waals surface area contributed by atoms with Crippen molar-refractivity contribution in [2.75, 3.05) is 5.73 Å². The van der Waals surface area contributed by atoms with E-state index in [0.717, 1.165) is 42.4 Å². The molecular formula is C25H26N6O2. The van der Waals surface area contributed by atoms with Gasteiger partial charge < -0.3 is 11.1 Å². The van der Waals surface area contributed by atoms with Crippen LogP contribution in [0.25, 0.3) is 22.2 Å². The van der Waals surface area contributed by atoms with Crippen LogP contribution in [0.2, 0.25) is 0 Å². The molecule has 8 nitrogen and oxygen atoms in total. The summed E-state index contributed by atoms with van der Waals surface area (Å²) in [5.41, 5.74) is 10.5. The van der Waals surface area contributed by atoms with Gasteiger partial charge in [0.25, 0.3) is 11.5 Å². The number of hydrogen-bond acceptors (Lipinski definition) is 5. The molecular weight excluding hydrogens is 416 g/mol. The van der Waals surface area contributed by atoms with Crippen LogP contribution in [-0.2, 0) is 6.54 Å². The third kappa shape index (κ3) is 3.88. The molecule has 1 fully saturated rings. The Morgan fingerprint density at radius 1 is 1.15 bits per heavy atom. The molecule has 2 aromatic carbocycles. The molecule has 0 saturated heterocycles. The van der Waals surface area contributed by atoms with E-state index in [1.165, 1.54) is 0 Å². The average Bonchev–Trinajstić information content (AvgIpc) is 3.49. The van der Waals surface area contributed by atoms with Crippen LogP contribution in [0.3, 0.4) is 0 Å². The number of rotatable bonds is 5. The minimum atomic E-state index is -0.277. The lowest BCUT2D eigenvalue weighted by atomic mass is 10.1. The largest absolute Gasteiger partial charge is 0.382 e. The van der Waals surface area contributed by atoms with Crippen LogP contribution < -0.4 is 16.6 Å². The molecule has 2 aromatic heterocycles. The minimum absolute atomic E-state index is 0.100. The molecule has 1 aliphatic rings. The monoisotopic (exact) mass is 442 g/mol. The fraction of sp³-hybridized carbons (Fsp3) is 0.280. The van der Waals surface area contributed by atoms with Gasteiger partial charge in [0.15, 0.2) is 5.82 Å². The maximum atomic E-state index is 12.6. The number of amides is 1. The van der Waals surface area contributed by atoms with E-state index < -0.39 is 0 Å². The SMILES string of the molecule is Cc1ccccc1C(=O)NCc1ccc(-c2nn(C3CCCC3)c3c(=O)[nH]nc(N)c23)cc1. The highest BCUT2D eigenvalue weighted by Crippen LogP contribution is 2.36. The first-order valence-corrected chi connectivity index (χ1v) is 11.2.